The summed E-state index contributed by atoms with van der Waals surface area (Å²) in [5.74, 6) is 0.193. The molecule has 26 heavy (non-hydrogen) atoms. The van der Waals surface area contributed by atoms with Crippen molar-refractivity contribution in [2.24, 2.45) is 0 Å². The maximum absolute atomic E-state index is 13.2. The first-order chi connectivity index (χ1) is 12.7. The molecule has 142 valence electrons. The number of amides is 1. The van der Waals surface area contributed by atoms with Crippen LogP contribution in [-0.4, -0.2) is 61.9 Å². The van der Waals surface area contributed by atoms with Gasteiger partial charge in [0.25, 0.3) is 0 Å². The van der Waals surface area contributed by atoms with E-state index in [1.54, 1.807) is 0 Å². The lowest BCUT2D eigenvalue weighted by Crippen LogP contribution is -2.47. The van der Waals surface area contributed by atoms with E-state index in [1.165, 1.54) is 5.56 Å². The van der Waals surface area contributed by atoms with Gasteiger partial charge >= 0.3 is 0 Å². The smallest absolute Gasteiger partial charge is 0.241 e. The molecule has 5 heteroatoms. The Morgan fingerprint density at radius 2 is 1.77 bits per heavy atom. The van der Waals surface area contributed by atoms with Gasteiger partial charge in [0.05, 0.1) is 18.8 Å². The number of nitrogens with zero attached hydrogens (tertiary/aromatic N) is 2. The Hall–Kier alpha value is -1.43. The molecule has 1 aromatic carbocycles. The molecule has 0 bridgehead atoms. The minimum atomic E-state index is 0.193. The van der Waals surface area contributed by atoms with Gasteiger partial charge in [-0.3, -0.25) is 9.69 Å². The van der Waals surface area contributed by atoms with Gasteiger partial charge in [-0.1, -0.05) is 18.2 Å². The van der Waals surface area contributed by atoms with Gasteiger partial charge in [0.2, 0.25) is 5.91 Å². The number of carbonyl (C=O) groups excluding carboxylic acids is 1. The number of benzene rings is 1. The van der Waals surface area contributed by atoms with Gasteiger partial charge in [0, 0.05) is 38.0 Å². The van der Waals surface area contributed by atoms with Gasteiger partial charge in [-0.25, -0.2) is 0 Å². The van der Waals surface area contributed by atoms with Crippen LogP contribution in [0, 0.1) is 0 Å². The van der Waals surface area contributed by atoms with Gasteiger partial charge < -0.3 is 14.4 Å². The third-order valence-corrected chi connectivity index (χ3v) is 5.81. The number of ether oxygens (including phenoxy) is 2. The van der Waals surface area contributed by atoms with Crippen molar-refractivity contribution >= 4 is 11.6 Å². The third kappa shape index (κ3) is 3.95. The summed E-state index contributed by atoms with van der Waals surface area (Å²) >= 11 is 0. The maximum atomic E-state index is 13.2. The van der Waals surface area contributed by atoms with Gasteiger partial charge in [-0.2, -0.15) is 0 Å². The van der Waals surface area contributed by atoms with Gasteiger partial charge in [-0.05, 0) is 50.7 Å². The van der Waals surface area contributed by atoms with E-state index in [9.17, 15) is 4.79 Å². The second kappa shape index (κ2) is 8.07. The normalized spacial score (nSPS) is 28.1. The van der Waals surface area contributed by atoms with E-state index in [2.05, 4.69) is 30.0 Å². The minimum Gasteiger partial charge on any atom is -0.377 e. The average Bonchev–Trinajstić information content (AvgIpc) is 3.35. The summed E-state index contributed by atoms with van der Waals surface area (Å²) in [6.07, 6.45) is 5.91. The molecular weight excluding hydrogens is 328 g/mol. The van der Waals surface area contributed by atoms with E-state index in [1.807, 2.05) is 11.0 Å². The highest BCUT2D eigenvalue weighted by atomic mass is 16.5. The van der Waals surface area contributed by atoms with Gasteiger partial charge in [-0.15, -0.1) is 0 Å². The van der Waals surface area contributed by atoms with Crippen LogP contribution in [0.25, 0.3) is 0 Å². The summed E-state index contributed by atoms with van der Waals surface area (Å²) in [7, 11) is 0. The zero-order valence-corrected chi connectivity index (χ0v) is 15.7. The summed E-state index contributed by atoms with van der Waals surface area (Å²) < 4.78 is 11.6. The molecule has 2 saturated heterocycles. The lowest BCUT2D eigenvalue weighted by atomic mass is 10.1. The molecule has 0 N–H and O–H groups in total. The molecule has 0 radical (unpaired) electrons. The van der Waals surface area contributed by atoms with Crippen molar-refractivity contribution in [1.29, 1.82) is 0 Å². The Kier molecular flexibility index (Phi) is 5.57. The Morgan fingerprint density at radius 1 is 1.12 bits per heavy atom. The largest absolute Gasteiger partial charge is 0.377 e. The van der Waals surface area contributed by atoms with Crippen molar-refractivity contribution < 1.29 is 14.3 Å². The first kappa shape index (κ1) is 18.0. The predicted octanol–water partition coefficient (Wildman–Crippen LogP) is 2.62. The van der Waals surface area contributed by atoms with Crippen molar-refractivity contribution in [1.82, 2.24) is 4.90 Å². The van der Waals surface area contributed by atoms with Crippen molar-refractivity contribution in [2.75, 3.05) is 37.7 Å². The lowest BCUT2D eigenvalue weighted by Gasteiger charge is -2.30. The summed E-state index contributed by atoms with van der Waals surface area (Å²) in [5.41, 5.74) is 2.36. The molecule has 0 aliphatic carbocycles. The van der Waals surface area contributed by atoms with Crippen LogP contribution in [-0.2, 0) is 20.7 Å². The van der Waals surface area contributed by atoms with E-state index in [-0.39, 0.29) is 24.2 Å². The second-order valence-corrected chi connectivity index (χ2v) is 7.91. The van der Waals surface area contributed by atoms with Crippen molar-refractivity contribution in [3.63, 3.8) is 0 Å². The molecule has 5 nitrogen and oxygen atoms in total. The Balaban J connectivity index is 1.44. The molecule has 4 rings (SSSR count). The van der Waals surface area contributed by atoms with Crippen LogP contribution in [0.2, 0.25) is 0 Å². The van der Waals surface area contributed by atoms with Crippen LogP contribution in [0.5, 0.6) is 0 Å². The quantitative estimate of drug-likeness (QED) is 0.784. The lowest BCUT2D eigenvalue weighted by molar-refractivity contribution is -0.120. The first-order valence-electron chi connectivity index (χ1n) is 10.1. The Morgan fingerprint density at radius 3 is 2.38 bits per heavy atom. The van der Waals surface area contributed by atoms with Crippen molar-refractivity contribution in [3.8, 4) is 0 Å². The Bertz CT molecular complexity index is 605. The maximum Gasteiger partial charge on any atom is 0.241 e. The predicted molar refractivity (Wildman–Crippen MR) is 101 cm³/mol. The summed E-state index contributed by atoms with van der Waals surface area (Å²) in [5, 5.41) is 0. The topological polar surface area (TPSA) is 42.0 Å². The summed E-state index contributed by atoms with van der Waals surface area (Å²) in [6, 6.07) is 8.51. The standard InChI is InChI=1S/C21H30N2O3/c1-16-12-17-6-2-3-9-20(17)23(16)21(24)15-22(13-18-7-4-10-25-18)14-19-8-5-11-26-19/h2-3,6,9,16,18-19H,4-5,7-8,10-15H2,1H3/t16-,18-,19-/m0/s1. The van der Waals surface area contributed by atoms with E-state index in [0.29, 0.717) is 6.54 Å². The van der Waals surface area contributed by atoms with Crippen LogP contribution < -0.4 is 4.90 Å². The number of hydrogen-bond acceptors (Lipinski definition) is 4. The molecule has 1 amide bonds. The SMILES string of the molecule is C[C@H]1Cc2ccccc2N1C(=O)CN(C[C@@H]1CCCO1)C[C@@H]1CCCO1. The molecule has 3 aliphatic rings. The fraction of sp³-hybridized carbons (Fsp3) is 0.667. The third-order valence-electron chi connectivity index (χ3n) is 5.81. The molecule has 0 saturated carbocycles. The number of fused-ring (bicyclic) bond motifs is 1. The monoisotopic (exact) mass is 358 g/mol. The molecule has 0 unspecified atom stereocenters. The fourth-order valence-corrected chi connectivity index (χ4v) is 4.57. The molecule has 3 heterocycles. The molecule has 2 fully saturated rings. The molecule has 1 aromatic rings. The highest BCUT2D eigenvalue weighted by molar-refractivity contribution is 5.97. The average molecular weight is 358 g/mol. The molecule has 0 spiro atoms. The van der Waals surface area contributed by atoms with Crippen LogP contribution in [0.1, 0.15) is 38.2 Å². The number of carbonyl (C=O) groups is 1. The van der Waals surface area contributed by atoms with Crippen molar-refractivity contribution in [2.45, 2.75) is 57.3 Å². The zero-order chi connectivity index (χ0) is 17.9. The van der Waals surface area contributed by atoms with Gasteiger partial charge in [0.15, 0.2) is 0 Å². The highest BCUT2D eigenvalue weighted by Gasteiger charge is 2.32. The van der Waals surface area contributed by atoms with Crippen LogP contribution in [0.3, 0.4) is 0 Å². The van der Waals surface area contributed by atoms with E-state index < -0.39 is 0 Å². The number of anilines is 1. The number of hydrogen-bond donors (Lipinski definition) is 0. The fourth-order valence-electron chi connectivity index (χ4n) is 4.57. The molecule has 3 aliphatic heterocycles. The van der Waals surface area contributed by atoms with Crippen molar-refractivity contribution in [3.05, 3.63) is 29.8 Å². The minimum absolute atomic E-state index is 0.193. The van der Waals surface area contributed by atoms with Crippen LogP contribution >= 0.6 is 0 Å². The van der Waals surface area contributed by atoms with Crippen LogP contribution in [0.4, 0.5) is 5.69 Å². The second-order valence-electron chi connectivity index (χ2n) is 7.91. The van der Waals surface area contributed by atoms with E-state index in [0.717, 1.165) is 64.1 Å². The van der Waals surface area contributed by atoms with Gasteiger partial charge in [0.1, 0.15) is 0 Å². The Labute approximate surface area is 156 Å². The highest BCUT2D eigenvalue weighted by Crippen LogP contribution is 2.32. The molecule has 3 atom stereocenters. The molecule has 0 aromatic heterocycles. The van der Waals surface area contributed by atoms with E-state index in [4.69, 9.17) is 9.47 Å². The van der Waals surface area contributed by atoms with Crippen LogP contribution in [0.15, 0.2) is 24.3 Å². The first-order valence-corrected chi connectivity index (χ1v) is 10.1. The van der Waals surface area contributed by atoms with E-state index >= 15 is 0 Å². The molecular formula is C21H30N2O3. The number of rotatable bonds is 6. The summed E-state index contributed by atoms with van der Waals surface area (Å²) in [4.78, 5) is 17.4. The number of para-hydroxylation sites is 1. The summed E-state index contributed by atoms with van der Waals surface area (Å²) in [6.45, 7) is 5.94. The zero-order valence-electron chi connectivity index (χ0n) is 15.7.